The summed E-state index contributed by atoms with van der Waals surface area (Å²) in [5.41, 5.74) is 1.39. The maximum Gasteiger partial charge on any atom is 0.145 e. The van der Waals surface area contributed by atoms with E-state index in [0.29, 0.717) is 16.5 Å². The van der Waals surface area contributed by atoms with Crippen molar-refractivity contribution in [2.24, 2.45) is 5.92 Å². The van der Waals surface area contributed by atoms with Crippen molar-refractivity contribution in [1.82, 2.24) is 4.98 Å². The maximum absolute atomic E-state index is 10.6. The lowest BCUT2D eigenvalue weighted by Crippen LogP contribution is -1.99. The Kier molecular flexibility index (Phi) is 5.17. The molecule has 21 heavy (non-hydrogen) atoms. The van der Waals surface area contributed by atoms with Gasteiger partial charge >= 0.3 is 0 Å². The molecular weight excluding hydrogens is 302 g/mol. The molecule has 2 rings (SSSR count). The van der Waals surface area contributed by atoms with Gasteiger partial charge in [-0.15, -0.1) is 11.8 Å². The zero-order valence-corrected chi connectivity index (χ0v) is 14.3. The number of aromatic nitrogens is 1. The molecule has 1 unspecified atom stereocenters. The summed E-state index contributed by atoms with van der Waals surface area (Å²) in [4.78, 5) is 5.50. The van der Waals surface area contributed by atoms with E-state index in [0.717, 1.165) is 10.9 Å². The molecule has 1 heterocycles. The van der Waals surface area contributed by atoms with Crippen LogP contribution in [0.25, 0.3) is 10.9 Å². The molecule has 0 aliphatic carbocycles. The molecule has 1 atom stereocenters. The van der Waals surface area contributed by atoms with Crippen LogP contribution in [0.5, 0.6) is 5.75 Å². The molecule has 4 heteroatoms. The number of benzene rings is 1. The summed E-state index contributed by atoms with van der Waals surface area (Å²) in [7, 11) is 0. The second kappa shape index (κ2) is 6.71. The van der Waals surface area contributed by atoms with Crippen LogP contribution in [0.3, 0.4) is 0 Å². The number of fused-ring (bicyclic) bond motifs is 1. The van der Waals surface area contributed by atoms with Crippen molar-refractivity contribution in [3.8, 4) is 5.75 Å². The minimum Gasteiger partial charge on any atom is -0.505 e. The van der Waals surface area contributed by atoms with E-state index in [1.54, 1.807) is 18.0 Å². The van der Waals surface area contributed by atoms with Gasteiger partial charge in [-0.2, -0.15) is 0 Å². The molecule has 0 fully saturated rings. The Morgan fingerprint density at radius 1 is 1.38 bits per heavy atom. The Morgan fingerprint density at radius 2 is 2.10 bits per heavy atom. The molecule has 2 aromatic rings. The van der Waals surface area contributed by atoms with E-state index in [1.807, 2.05) is 18.2 Å². The molecule has 0 amide bonds. The summed E-state index contributed by atoms with van der Waals surface area (Å²) in [6.07, 6.45) is 5.96. The van der Waals surface area contributed by atoms with Crippen molar-refractivity contribution in [1.29, 1.82) is 0 Å². The van der Waals surface area contributed by atoms with Gasteiger partial charge in [0.2, 0.25) is 0 Å². The number of thioether (sulfide) groups is 1. The molecule has 1 aromatic carbocycles. The number of pyridine rings is 1. The average molecular weight is 322 g/mol. The Balaban J connectivity index is 2.59. The predicted molar refractivity (Wildman–Crippen MR) is 93.3 cm³/mol. The second-order valence-corrected chi connectivity index (χ2v) is 6.72. The fraction of sp³-hybridized carbons (Fsp3) is 0.353. The van der Waals surface area contributed by atoms with Crippen molar-refractivity contribution in [3.05, 3.63) is 46.0 Å². The van der Waals surface area contributed by atoms with Crippen LogP contribution in [0.15, 0.2) is 35.4 Å². The van der Waals surface area contributed by atoms with Crippen LogP contribution in [0.1, 0.15) is 32.3 Å². The molecule has 0 bridgehead atoms. The third kappa shape index (κ3) is 3.35. The molecule has 0 saturated heterocycles. The van der Waals surface area contributed by atoms with Gasteiger partial charge in [0.15, 0.2) is 0 Å². The third-order valence-electron chi connectivity index (χ3n) is 3.47. The normalized spacial score (nSPS) is 13.9. The van der Waals surface area contributed by atoms with Crippen LogP contribution in [-0.4, -0.2) is 16.3 Å². The van der Waals surface area contributed by atoms with Gasteiger partial charge in [0.05, 0.1) is 5.02 Å². The number of halogens is 1. The summed E-state index contributed by atoms with van der Waals surface area (Å²) in [5, 5.41) is 12.0. The lowest BCUT2D eigenvalue weighted by molar-refractivity contribution is 0.471. The molecule has 1 N–H and O–H groups in total. The molecule has 0 aliphatic heterocycles. The van der Waals surface area contributed by atoms with E-state index in [1.165, 1.54) is 4.91 Å². The van der Waals surface area contributed by atoms with Gasteiger partial charge in [0.25, 0.3) is 0 Å². The van der Waals surface area contributed by atoms with E-state index in [-0.39, 0.29) is 11.7 Å². The molecule has 0 aliphatic rings. The average Bonchev–Trinajstić information content (AvgIpc) is 2.47. The number of aromatic hydroxyl groups is 1. The number of rotatable bonds is 4. The standard InChI is InChI=1S/C17H20ClNOS/c1-10(2)8-15(21-4)11(3)13-9-14(18)12-6-5-7-19-16(12)17(13)20/h5-11,20H,1-4H3/b15-8-. The molecule has 1 aromatic heterocycles. The lowest BCUT2D eigenvalue weighted by Gasteiger charge is -2.18. The quantitative estimate of drug-likeness (QED) is 0.795. The van der Waals surface area contributed by atoms with E-state index in [2.05, 4.69) is 38.1 Å². The number of nitrogens with zero attached hydrogens (tertiary/aromatic N) is 1. The van der Waals surface area contributed by atoms with E-state index in [4.69, 9.17) is 11.6 Å². The van der Waals surface area contributed by atoms with Crippen LogP contribution < -0.4 is 0 Å². The second-order valence-electron chi connectivity index (χ2n) is 5.43. The Labute approximate surface area is 135 Å². The Morgan fingerprint density at radius 3 is 2.71 bits per heavy atom. The highest BCUT2D eigenvalue weighted by Crippen LogP contribution is 2.41. The van der Waals surface area contributed by atoms with Gasteiger partial charge in [0.1, 0.15) is 11.3 Å². The van der Waals surface area contributed by atoms with Crippen molar-refractivity contribution in [2.45, 2.75) is 26.7 Å². The highest BCUT2D eigenvalue weighted by molar-refractivity contribution is 8.02. The van der Waals surface area contributed by atoms with Gasteiger partial charge in [-0.3, -0.25) is 4.98 Å². The topological polar surface area (TPSA) is 33.1 Å². The van der Waals surface area contributed by atoms with Crippen LogP contribution in [0, 0.1) is 5.92 Å². The van der Waals surface area contributed by atoms with E-state index >= 15 is 0 Å². The SMILES string of the molecule is CS/C(=C\C(C)C)C(C)c1cc(Cl)c2cccnc2c1O. The highest BCUT2D eigenvalue weighted by atomic mass is 35.5. The zero-order chi connectivity index (χ0) is 15.6. The van der Waals surface area contributed by atoms with Gasteiger partial charge < -0.3 is 5.11 Å². The summed E-state index contributed by atoms with van der Waals surface area (Å²) < 4.78 is 0. The molecule has 2 nitrogen and oxygen atoms in total. The first-order valence-corrected chi connectivity index (χ1v) is 8.57. The first-order valence-electron chi connectivity index (χ1n) is 6.97. The number of phenolic OH excluding ortho intramolecular Hbond substituents is 1. The Hall–Kier alpha value is -1.19. The van der Waals surface area contributed by atoms with E-state index < -0.39 is 0 Å². The maximum atomic E-state index is 10.6. The summed E-state index contributed by atoms with van der Waals surface area (Å²) in [6.45, 7) is 6.39. The van der Waals surface area contributed by atoms with Crippen LogP contribution in [0.2, 0.25) is 5.02 Å². The number of hydrogen-bond donors (Lipinski definition) is 1. The first-order chi connectivity index (χ1) is 9.95. The molecule has 112 valence electrons. The fourth-order valence-corrected chi connectivity index (χ4v) is 3.57. The fourth-order valence-electron chi connectivity index (χ4n) is 2.41. The van der Waals surface area contributed by atoms with Crippen molar-refractivity contribution < 1.29 is 5.11 Å². The van der Waals surface area contributed by atoms with Crippen molar-refractivity contribution in [2.75, 3.05) is 6.26 Å². The molecule has 0 spiro atoms. The Bertz CT molecular complexity index is 682. The number of allylic oxidation sites excluding steroid dienone is 2. The van der Waals surface area contributed by atoms with Crippen molar-refractivity contribution in [3.63, 3.8) is 0 Å². The smallest absolute Gasteiger partial charge is 0.145 e. The minimum atomic E-state index is 0.0892. The van der Waals surface area contributed by atoms with Gasteiger partial charge in [0, 0.05) is 23.1 Å². The predicted octanol–water partition coefficient (Wildman–Crippen LogP) is 5.60. The van der Waals surface area contributed by atoms with Crippen LogP contribution >= 0.6 is 23.4 Å². The lowest BCUT2D eigenvalue weighted by atomic mass is 9.96. The van der Waals surface area contributed by atoms with Gasteiger partial charge in [-0.05, 0) is 35.3 Å². The van der Waals surface area contributed by atoms with Gasteiger partial charge in [-0.1, -0.05) is 38.4 Å². The summed E-state index contributed by atoms with van der Waals surface area (Å²) >= 11 is 8.06. The summed E-state index contributed by atoms with van der Waals surface area (Å²) in [5.74, 6) is 0.781. The number of phenols is 1. The largest absolute Gasteiger partial charge is 0.505 e. The number of hydrogen-bond acceptors (Lipinski definition) is 3. The molecule has 0 saturated carbocycles. The minimum absolute atomic E-state index is 0.0892. The molecular formula is C17H20ClNOS. The molecule has 0 radical (unpaired) electrons. The highest BCUT2D eigenvalue weighted by Gasteiger charge is 2.19. The summed E-state index contributed by atoms with van der Waals surface area (Å²) in [6, 6.07) is 5.55. The van der Waals surface area contributed by atoms with Crippen LogP contribution in [-0.2, 0) is 0 Å². The van der Waals surface area contributed by atoms with Crippen molar-refractivity contribution >= 4 is 34.3 Å². The monoisotopic (exact) mass is 321 g/mol. The first kappa shape index (κ1) is 16.2. The van der Waals surface area contributed by atoms with Gasteiger partial charge in [-0.25, -0.2) is 0 Å². The third-order valence-corrected chi connectivity index (χ3v) is 4.75. The zero-order valence-electron chi connectivity index (χ0n) is 12.7. The van der Waals surface area contributed by atoms with E-state index in [9.17, 15) is 5.11 Å². The van der Waals surface area contributed by atoms with Crippen LogP contribution in [0.4, 0.5) is 0 Å².